The first kappa shape index (κ1) is 17.2. The summed E-state index contributed by atoms with van der Waals surface area (Å²) in [5.74, 6) is 0.177. The van der Waals surface area contributed by atoms with Gasteiger partial charge in [-0.2, -0.15) is 0 Å². The van der Waals surface area contributed by atoms with Crippen LogP contribution in [0.25, 0.3) is 0 Å². The monoisotopic (exact) mass is 306 g/mol. The van der Waals surface area contributed by atoms with E-state index in [2.05, 4.69) is 5.32 Å². The summed E-state index contributed by atoms with van der Waals surface area (Å²) in [6.07, 6.45) is 1.00. The molecule has 20 heavy (non-hydrogen) atoms. The molecule has 0 spiro atoms. The van der Waals surface area contributed by atoms with Crippen LogP contribution < -0.4 is 5.32 Å². The number of urea groups is 1. The third kappa shape index (κ3) is 6.09. The van der Waals surface area contributed by atoms with Crippen molar-refractivity contribution in [1.29, 1.82) is 0 Å². The number of aliphatic hydroxyl groups excluding tert-OH is 1. The summed E-state index contributed by atoms with van der Waals surface area (Å²) in [5.41, 5.74) is -0.0471. The number of sulfone groups is 1. The van der Waals surface area contributed by atoms with E-state index < -0.39 is 9.84 Å². The van der Waals surface area contributed by atoms with Crippen LogP contribution in [0.3, 0.4) is 0 Å². The summed E-state index contributed by atoms with van der Waals surface area (Å²) >= 11 is 0. The number of carbonyl (C=O) groups is 1. The second-order valence-electron chi connectivity index (χ2n) is 6.61. The quantitative estimate of drug-likeness (QED) is 0.779. The van der Waals surface area contributed by atoms with Gasteiger partial charge in [0, 0.05) is 25.7 Å². The topological polar surface area (TPSA) is 86.7 Å². The predicted octanol–water partition coefficient (Wildman–Crippen LogP) is 0.614. The first-order valence-electron chi connectivity index (χ1n) is 7.00. The molecule has 1 fully saturated rings. The van der Waals surface area contributed by atoms with Crippen molar-refractivity contribution in [1.82, 2.24) is 10.2 Å². The summed E-state index contributed by atoms with van der Waals surface area (Å²) in [6.45, 7) is 7.17. The number of hydrogen-bond donors (Lipinski definition) is 2. The minimum absolute atomic E-state index is 0.0299. The fourth-order valence-corrected chi connectivity index (χ4v) is 3.93. The van der Waals surface area contributed by atoms with Gasteiger partial charge in [-0.3, -0.25) is 0 Å². The number of nitrogens with one attached hydrogen (secondary N) is 1. The van der Waals surface area contributed by atoms with Crippen LogP contribution in [0.5, 0.6) is 0 Å². The second kappa shape index (κ2) is 6.76. The van der Waals surface area contributed by atoms with E-state index >= 15 is 0 Å². The molecule has 1 rings (SSSR count). The maximum atomic E-state index is 12.2. The molecule has 1 heterocycles. The zero-order valence-electron chi connectivity index (χ0n) is 12.6. The van der Waals surface area contributed by atoms with Gasteiger partial charge in [-0.05, 0) is 18.3 Å². The van der Waals surface area contributed by atoms with E-state index in [1.54, 1.807) is 4.90 Å². The molecule has 2 N–H and O–H groups in total. The first-order valence-corrected chi connectivity index (χ1v) is 8.82. The highest BCUT2D eigenvalue weighted by atomic mass is 32.2. The first-order chi connectivity index (χ1) is 9.13. The summed E-state index contributed by atoms with van der Waals surface area (Å²) < 4.78 is 22.8. The Morgan fingerprint density at radius 2 is 2.05 bits per heavy atom. The summed E-state index contributed by atoms with van der Waals surface area (Å²) in [7, 11) is -2.99. The van der Waals surface area contributed by atoms with Crippen LogP contribution in [-0.4, -0.2) is 61.7 Å². The number of rotatable bonds is 5. The van der Waals surface area contributed by atoms with Gasteiger partial charge in [-0.1, -0.05) is 20.8 Å². The average Bonchev–Trinajstić information content (AvgIpc) is 2.62. The van der Waals surface area contributed by atoms with E-state index in [4.69, 9.17) is 5.11 Å². The molecule has 0 radical (unpaired) electrons. The lowest BCUT2D eigenvalue weighted by atomic mass is 9.96. The van der Waals surface area contributed by atoms with Crippen molar-refractivity contribution in [2.75, 3.05) is 31.2 Å². The van der Waals surface area contributed by atoms with Gasteiger partial charge in [0.25, 0.3) is 0 Å². The van der Waals surface area contributed by atoms with E-state index in [1.165, 1.54) is 0 Å². The molecule has 1 saturated heterocycles. The van der Waals surface area contributed by atoms with E-state index in [9.17, 15) is 13.2 Å². The molecule has 7 heteroatoms. The van der Waals surface area contributed by atoms with Crippen molar-refractivity contribution < 1.29 is 18.3 Å². The van der Waals surface area contributed by atoms with Crippen LogP contribution in [0.4, 0.5) is 4.79 Å². The molecule has 1 atom stereocenters. The van der Waals surface area contributed by atoms with Crippen molar-refractivity contribution in [2.45, 2.75) is 39.7 Å². The van der Waals surface area contributed by atoms with Gasteiger partial charge in [0.2, 0.25) is 0 Å². The third-order valence-corrected chi connectivity index (χ3v) is 4.87. The zero-order chi connectivity index (χ0) is 15.4. The number of aliphatic hydroxyl groups is 1. The minimum Gasteiger partial charge on any atom is -0.396 e. The van der Waals surface area contributed by atoms with Crippen LogP contribution in [0, 0.1) is 5.41 Å². The molecule has 0 aliphatic carbocycles. The number of hydrogen-bond acceptors (Lipinski definition) is 4. The van der Waals surface area contributed by atoms with Crippen molar-refractivity contribution in [3.63, 3.8) is 0 Å². The molecule has 0 aromatic carbocycles. The number of carbonyl (C=O) groups excluding carboxylic acids is 1. The van der Waals surface area contributed by atoms with Gasteiger partial charge in [-0.15, -0.1) is 0 Å². The van der Waals surface area contributed by atoms with Crippen molar-refractivity contribution >= 4 is 15.9 Å². The predicted molar refractivity (Wildman–Crippen MR) is 78.3 cm³/mol. The molecular formula is C13H26N2O4S. The molecule has 0 unspecified atom stereocenters. The molecular weight excluding hydrogens is 280 g/mol. The summed E-state index contributed by atoms with van der Waals surface area (Å²) in [6, 6.07) is -0.528. The Morgan fingerprint density at radius 3 is 2.50 bits per heavy atom. The van der Waals surface area contributed by atoms with Gasteiger partial charge in [0.15, 0.2) is 9.84 Å². The molecule has 0 aromatic heterocycles. The van der Waals surface area contributed by atoms with Crippen molar-refractivity contribution in [2.24, 2.45) is 5.41 Å². The van der Waals surface area contributed by atoms with Crippen LogP contribution in [-0.2, 0) is 9.84 Å². The van der Waals surface area contributed by atoms with Gasteiger partial charge >= 0.3 is 6.03 Å². The highest BCUT2D eigenvalue weighted by Crippen LogP contribution is 2.17. The Morgan fingerprint density at radius 1 is 1.40 bits per heavy atom. The molecule has 2 amide bonds. The Labute approximate surface area is 121 Å². The molecule has 0 bridgehead atoms. The largest absolute Gasteiger partial charge is 0.396 e. The lowest BCUT2D eigenvalue weighted by Crippen LogP contribution is -2.48. The van der Waals surface area contributed by atoms with Crippen molar-refractivity contribution in [3.05, 3.63) is 0 Å². The molecule has 0 aromatic rings. The van der Waals surface area contributed by atoms with E-state index in [0.717, 1.165) is 0 Å². The van der Waals surface area contributed by atoms with E-state index in [1.807, 2.05) is 20.8 Å². The van der Waals surface area contributed by atoms with Gasteiger partial charge in [-0.25, -0.2) is 13.2 Å². The number of amides is 2. The lowest BCUT2D eigenvalue weighted by molar-refractivity contribution is 0.162. The van der Waals surface area contributed by atoms with Crippen LogP contribution in [0.15, 0.2) is 0 Å². The Balaban J connectivity index is 2.59. The van der Waals surface area contributed by atoms with Gasteiger partial charge in [0.05, 0.1) is 11.5 Å². The molecule has 1 aliphatic heterocycles. The maximum Gasteiger partial charge on any atom is 0.317 e. The van der Waals surface area contributed by atoms with Crippen LogP contribution in [0.2, 0.25) is 0 Å². The van der Waals surface area contributed by atoms with Crippen LogP contribution >= 0.6 is 0 Å². The lowest BCUT2D eigenvalue weighted by Gasteiger charge is -2.31. The zero-order valence-corrected chi connectivity index (χ0v) is 13.4. The molecule has 6 nitrogen and oxygen atoms in total. The summed E-state index contributed by atoms with van der Waals surface area (Å²) in [4.78, 5) is 13.9. The van der Waals surface area contributed by atoms with Crippen LogP contribution in [0.1, 0.15) is 33.6 Å². The molecule has 1 aliphatic rings. The fourth-order valence-electron chi connectivity index (χ4n) is 2.26. The highest BCUT2D eigenvalue weighted by molar-refractivity contribution is 7.91. The smallest absolute Gasteiger partial charge is 0.317 e. The van der Waals surface area contributed by atoms with Gasteiger partial charge < -0.3 is 15.3 Å². The summed E-state index contributed by atoms with van der Waals surface area (Å²) in [5, 5.41) is 11.7. The van der Waals surface area contributed by atoms with E-state index in [0.29, 0.717) is 25.9 Å². The average molecular weight is 306 g/mol. The third-order valence-electron chi connectivity index (χ3n) is 3.10. The number of nitrogens with zero attached hydrogens (tertiary/aromatic N) is 1. The minimum atomic E-state index is -2.99. The Hall–Kier alpha value is -0.820. The highest BCUT2D eigenvalue weighted by Gasteiger charge is 2.30. The Kier molecular flexibility index (Phi) is 5.82. The SMILES string of the molecule is CC(C)(C)CN(CCCO)C(=O)N[C@@H]1CCS(=O)(=O)C1. The van der Waals surface area contributed by atoms with E-state index in [-0.39, 0.29) is 35.6 Å². The van der Waals surface area contributed by atoms with Gasteiger partial charge in [0.1, 0.15) is 0 Å². The Bertz CT molecular complexity index is 428. The molecule has 118 valence electrons. The second-order valence-corrected chi connectivity index (χ2v) is 8.84. The van der Waals surface area contributed by atoms with Crippen molar-refractivity contribution in [3.8, 4) is 0 Å². The fraction of sp³-hybridized carbons (Fsp3) is 0.923. The normalized spacial score (nSPS) is 21.7. The molecule has 0 saturated carbocycles. The standard InChI is InChI=1S/C13H26N2O4S/c1-13(2,3)10-15(6-4-7-16)12(17)14-11-5-8-20(18,19)9-11/h11,16H,4-10H2,1-3H3,(H,14,17)/t11-/m1/s1. The maximum absolute atomic E-state index is 12.2.